The van der Waals surface area contributed by atoms with Crippen molar-refractivity contribution in [1.82, 2.24) is 0 Å². The van der Waals surface area contributed by atoms with Gasteiger partial charge in [0.15, 0.2) is 0 Å². The van der Waals surface area contributed by atoms with E-state index in [1.54, 1.807) is 0 Å². The van der Waals surface area contributed by atoms with Crippen LogP contribution >= 0.6 is 0 Å². The van der Waals surface area contributed by atoms with E-state index < -0.39 is 5.97 Å². The molecule has 0 radical (unpaired) electrons. The monoisotopic (exact) mass is 266 g/mol. The number of aryl methyl sites for hydroxylation is 1. The Labute approximate surface area is 114 Å². The Hall–Kier alpha value is -1.71. The van der Waals surface area contributed by atoms with Gasteiger partial charge < -0.3 is 14.2 Å². The van der Waals surface area contributed by atoms with E-state index in [0.717, 1.165) is 18.4 Å². The standard InChI is InChI=1S/C15H22O4/c1-5-6-7-8-11-9-12(17-2)14(15(16)19-4)13(10-11)18-3/h9-10H,5-8H2,1-4H3. The van der Waals surface area contributed by atoms with Crippen molar-refractivity contribution >= 4 is 5.97 Å². The third kappa shape index (κ3) is 3.88. The molecule has 1 aromatic rings. The Morgan fingerprint density at radius 2 is 1.63 bits per heavy atom. The molecule has 0 saturated heterocycles. The lowest BCUT2D eigenvalue weighted by molar-refractivity contribution is 0.0593. The predicted molar refractivity (Wildman–Crippen MR) is 74.1 cm³/mol. The first-order valence-corrected chi connectivity index (χ1v) is 6.51. The van der Waals surface area contributed by atoms with E-state index in [0.29, 0.717) is 17.1 Å². The van der Waals surface area contributed by atoms with Crippen molar-refractivity contribution in [2.75, 3.05) is 21.3 Å². The van der Waals surface area contributed by atoms with E-state index in [4.69, 9.17) is 14.2 Å². The maximum atomic E-state index is 11.8. The maximum absolute atomic E-state index is 11.8. The van der Waals surface area contributed by atoms with Gasteiger partial charge in [0.05, 0.1) is 21.3 Å². The Morgan fingerprint density at radius 3 is 2.05 bits per heavy atom. The average molecular weight is 266 g/mol. The fraction of sp³-hybridized carbons (Fsp3) is 0.533. The quantitative estimate of drug-likeness (QED) is 0.561. The van der Waals surface area contributed by atoms with Crippen LogP contribution in [-0.4, -0.2) is 27.3 Å². The SMILES string of the molecule is CCCCCc1cc(OC)c(C(=O)OC)c(OC)c1. The molecule has 1 rings (SSSR count). The minimum atomic E-state index is -0.450. The molecule has 0 aromatic heterocycles. The smallest absolute Gasteiger partial charge is 0.345 e. The van der Waals surface area contributed by atoms with E-state index in [9.17, 15) is 4.79 Å². The lowest BCUT2D eigenvalue weighted by atomic mass is 10.0. The van der Waals surface area contributed by atoms with Crippen molar-refractivity contribution in [3.63, 3.8) is 0 Å². The highest BCUT2D eigenvalue weighted by atomic mass is 16.5. The highest BCUT2D eigenvalue weighted by Gasteiger charge is 2.20. The molecule has 0 fully saturated rings. The molecule has 0 atom stereocenters. The lowest BCUT2D eigenvalue weighted by Crippen LogP contribution is -2.07. The van der Waals surface area contributed by atoms with Gasteiger partial charge in [-0.05, 0) is 30.5 Å². The highest BCUT2D eigenvalue weighted by Crippen LogP contribution is 2.31. The number of esters is 1. The molecule has 4 heteroatoms. The summed E-state index contributed by atoms with van der Waals surface area (Å²) in [6, 6.07) is 3.76. The molecule has 0 spiro atoms. The summed E-state index contributed by atoms with van der Waals surface area (Å²) < 4.78 is 15.3. The highest BCUT2D eigenvalue weighted by molar-refractivity contribution is 5.95. The second-order valence-corrected chi connectivity index (χ2v) is 4.32. The minimum absolute atomic E-state index is 0.340. The molecule has 0 aliphatic carbocycles. The number of benzene rings is 1. The number of ether oxygens (including phenoxy) is 3. The van der Waals surface area contributed by atoms with Gasteiger partial charge in [0.2, 0.25) is 0 Å². The minimum Gasteiger partial charge on any atom is -0.496 e. The predicted octanol–water partition coefficient (Wildman–Crippen LogP) is 3.22. The van der Waals surface area contributed by atoms with Crippen molar-refractivity contribution in [1.29, 1.82) is 0 Å². The van der Waals surface area contributed by atoms with Crippen LogP contribution < -0.4 is 9.47 Å². The molecule has 19 heavy (non-hydrogen) atoms. The van der Waals surface area contributed by atoms with Gasteiger partial charge in [0.25, 0.3) is 0 Å². The molecule has 0 N–H and O–H groups in total. The summed E-state index contributed by atoms with van der Waals surface area (Å²) in [6.07, 6.45) is 4.42. The zero-order valence-corrected chi connectivity index (χ0v) is 12.1. The van der Waals surface area contributed by atoms with Crippen LogP contribution in [0, 0.1) is 0 Å². The first-order valence-electron chi connectivity index (χ1n) is 6.51. The molecular weight excluding hydrogens is 244 g/mol. The summed E-state index contributed by atoms with van der Waals surface area (Å²) in [6.45, 7) is 2.17. The summed E-state index contributed by atoms with van der Waals surface area (Å²) in [7, 11) is 4.42. The summed E-state index contributed by atoms with van der Waals surface area (Å²) >= 11 is 0. The molecule has 0 heterocycles. The molecule has 4 nitrogen and oxygen atoms in total. The van der Waals surface area contributed by atoms with E-state index in [1.807, 2.05) is 12.1 Å². The number of rotatable bonds is 7. The molecule has 0 unspecified atom stereocenters. The normalized spacial score (nSPS) is 10.1. The van der Waals surface area contributed by atoms with Gasteiger partial charge in [-0.25, -0.2) is 4.79 Å². The lowest BCUT2D eigenvalue weighted by Gasteiger charge is -2.13. The Kier molecular flexibility index (Phi) is 6.19. The van der Waals surface area contributed by atoms with Crippen LogP contribution in [0.1, 0.15) is 42.1 Å². The van der Waals surface area contributed by atoms with Crippen LogP contribution in [0.3, 0.4) is 0 Å². The van der Waals surface area contributed by atoms with Crippen LogP contribution in [0.5, 0.6) is 11.5 Å². The van der Waals surface area contributed by atoms with Gasteiger partial charge in [0, 0.05) is 0 Å². The molecule has 0 amide bonds. The van der Waals surface area contributed by atoms with E-state index >= 15 is 0 Å². The average Bonchev–Trinajstić information content (AvgIpc) is 2.45. The van der Waals surface area contributed by atoms with Crippen molar-refractivity contribution in [3.8, 4) is 11.5 Å². The zero-order valence-electron chi connectivity index (χ0n) is 12.1. The number of hydrogen-bond acceptors (Lipinski definition) is 4. The third-order valence-corrected chi connectivity index (χ3v) is 3.02. The molecular formula is C15H22O4. The summed E-state index contributed by atoms with van der Waals surface area (Å²) in [5, 5.41) is 0. The molecule has 0 bridgehead atoms. The molecule has 106 valence electrons. The largest absolute Gasteiger partial charge is 0.496 e. The fourth-order valence-corrected chi connectivity index (χ4v) is 1.99. The third-order valence-electron chi connectivity index (χ3n) is 3.02. The second-order valence-electron chi connectivity index (χ2n) is 4.32. The Balaban J connectivity index is 3.09. The molecule has 0 aliphatic heterocycles. The number of unbranched alkanes of at least 4 members (excludes halogenated alkanes) is 2. The second kappa shape index (κ2) is 7.67. The number of methoxy groups -OCH3 is 3. The summed E-state index contributed by atoms with van der Waals surface area (Å²) in [5.74, 6) is 0.546. The van der Waals surface area contributed by atoms with Crippen LogP contribution in [0.2, 0.25) is 0 Å². The van der Waals surface area contributed by atoms with E-state index in [2.05, 4.69) is 6.92 Å². The Bertz CT molecular complexity index is 401. The van der Waals surface area contributed by atoms with Gasteiger partial charge in [-0.3, -0.25) is 0 Å². The van der Waals surface area contributed by atoms with Crippen LogP contribution in [0.15, 0.2) is 12.1 Å². The van der Waals surface area contributed by atoms with Crippen LogP contribution in [0.4, 0.5) is 0 Å². The fourth-order valence-electron chi connectivity index (χ4n) is 1.99. The number of carbonyl (C=O) groups excluding carboxylic acids is 1. The van der Waals surface area contributed by atoms with Gasteiger partial charge in [-0.1, -0.05) is 19.8 Å². The first kappa shape index (κ1) is 15.3. The maximum Gasteiger partial charge on any atom is 0.345 e. The summed E-state index contributed by atoms with van der Waals surface area (Å²) in [5.41, 5.74) is 1.45. The van der Waals surface area contributed by atoms with Crippen molar-refractivity contribution < 1.29 is 19.0 Å². The van der Waals surface area contributed by atoms with Gasteiger partial charge in [0.1, 0.15) is 17.1 Å². The van der Waals surface area contributed by atoms with Crippen molar-refractivity contribution in [2.24, 2.45) is 0 Å². The first-order chi connectivity index (χ1) is 9.17. The van der Waals surface area contributed by atoms with Gasteiger partial charge in [-0.15, -0.1) is 0 Å². The number of carbonyl (C=O) groups is 1. The van der Waals surface area contributed by atoms with E-state index in [1.165, 1.54) is 34.2 Å². The van der Waals surface area contributed by atoms with Gasteiger partial charge >= 0.3 is 5.97 Å². The van der Waals surface area contributed by atoms with Crippen LogP contribution in [-0.2, 0) is 11.2 Å². The Morgan fingerprint density at radius 1 is 1.05 bits per heavy atom. The van der Waals surface area contributed by atoms with Crippen molar-refractivity contribution in [3.05, 3.63) is 23.3 Å². The van der Waals surface area contributed by atoms with E-state index in [-0.39, 0.29) is 0 Å². The van der Waals surface area contributed by atoms with Crippen LogP contribution in [0.25, 0.3) is 0 Å². The number of hydrogen-bond donors (Lipinski definition) is 0. The summed E-state index contributed by atoms with van der Waals surface area (Å²) in [4.78, 5) is 11.8. The van der Waals surface area contributed by atoms with Crippen molar-refractivity contribution in [2.45, 2.75) is 32.6 Å². The molecule has 0 aliphatic rings. The van der Waals surface area contributed by atoms with Gasteiger partial charge in [-0.2, -0.15) is 0 Å². The molecule has 0 saturated carbocycles. The topological polar surface area (TPSA) is 44.8 Å². The molecule has 1 aromatic carbocycles. The zero-order chi connectivity index (χ0) is 14.3.